The summed E-state index contributed by atoms with van der Waals surface area (Å²) in [4.78, 5) is 18.8. The molecule has 1 fully saturated rings. The van der Waals surface area contributed by atoms with Gasteiger partial charge in [-0.25, -0.2) is 0 Å². The molecule has 1 N–H and O–H groups in total. The zero-order valence-electron chi connectivity index (χ0n) is 12.4. The number of anilines is 1. The number of hydrogen-bond donors (Lipinski definition) is 1. The Morgan fingerprint density at radius 1 is 1.60 bits per heavy atom. The van der Waals surface area contributed by atoms with E-state index in [9.17, 15) is 4.79 Å². The molecule has 0 radical (unpaired) electrons. The highest BCUT2D eigenvalue weighted by molar-refractivity contribution is 5.99. The van der Waals surface area contributed by atoms with Crippen LogP contribution < -0.4 is 5.32 Å². The lowest BCUT2D eigenvalue weighted by molar-refractivity contribution is 0.0595. The van der Waals surface area contributed by atoms with Crippen LogP contribution in [0, 0.1) is 5.92 Å². The number of rotatable bonds is 7. The zero-order chi connectivity index (χ0) is 14.5. The van der Waals surface area contributed by atoms with E-state index in [0.29, 0.717) is 24.6 Å². The van der Waals surface area contributed by atoms with Gasteiger partial charge in [-0.05, 0) is 31.7 Å². The van der Waals surface area contributed by atoms with Crippen molar-refractivity contribution in [3.63, 3.8) is 0 Å². The van der Waals surface area contributed by atoms with Crippen molar-refractivity contribution in [2.75, 3.05) is 32.6 Å². The summed E-state index contributed by atoms with van der Waals surface area (Å²) in [5.74, 6) is 0.657. The highest BCUT2D eigenvalue weighted by atomic mass is 16.5. The van der Waals surface area contributed by atoms with Crippen molar-refractivity contribution >= 4 is 11.6 Å². The van der Waals surface area contributed by atoms with E-state index in [-0.39, 0.29) is 11.9 Å². The Labute approximate surface area is 120 Å². The molecular weight excluding hydrogens is 254 g/mol. The smallest absolute Gasteiger partial charge is 0.257 e. The fourth-order valence-electron chi connectivity index (χ4n) is 2.45. The van der Waals surface area contributed by atoms with Gasteiger partial charge in [0.15, 0.2) is 0 Å². The molecule has 0 spiro atoms. The van der Waals surface area contributed by atoms with Crippen LogP contribution in [-0.2, 0) is 4.74 Å². The van der Waals surface area contributed by atoms with E-state index < -0.39 is 0 Å². The lowest BCUT2D eigenvalue weighted by atomic mass is 10.1. The van der Waals surface area contributed by atoms with Gasteiger partial charge in [-0.1, -0.05) is 0 Å². The van der Waals surface area contributed by atoms with E-state index in [1.54, 1.807) is 19.5 Å². The SMILES string of the molecule is CNc1ccncc1C(=O)N(CCOC)C(C)C1CC1. The van der Waals surface area contributed by atoms with Crippen LogP contribution in [0.4, 0.5) is 5.69 Å². The van der Waals surface area contributed by atoms with Crippen LogP contribution in [0.5, 0.6) is 0 Å². The number of hydrogen-bond acceptors (Lipinski definition) is 4. The van der Waals surface area contributed by atoms with Crippen molar-refractivity contribution in [3.8, 4) is 0 Å². The lowest BCUT2D eigenvalue weighted by Crippen LogP contribution is -2.42. The second-order valence-electron chi connectivity index (χ2n) is 5.24. The number of nitrogens with one attached hydrogen (secondary N) is 1. The molecule has 110 valence electrons. The molecule has 1 atom stereocenters. The summed E-state index contributed by atoms with van der Waals surface area (Å²) < 4.78 is 5.14. The topological polar surface area (TPSA) is 54.5 Å². The van der Waals surface area contributed by atoms with Crippen LogP contribution in [0.25, 0.3) is 0 Å². The van der Waals surface area contributed by atoms with Crippen LogP contribution in [0.2, 0.25) is 0 Å². The van der Waals surface area contributed by atoms with E-state index in [1.165, 1.54) is 12.8 Å². The number of carbonyl (C=O) groups is 1. The minimum absolute atomic E-state index is 0.0268. The number of pyridine rings is 1. The summed E-state index contributed by atoms with van der Waals surface area (Å²) in [5, 5.41) is 3.05. The number of ether oxygens (including phenoxy) is 1. The first-order valence-electron chi connectivity index (χ1n) is 7.10. The minimum Gasteiger partial charge on any atom is -0.387 e. The predicted molar refractivity (Wildman–Crippen MR) is 78.9 cm³/mol. The molecule has 2 rings (SSSR count). The van der Waals surface area contributed by atoms with Gasteiger partial charge in [0.2, 0.25) is 0 Å². The third-order valence-electron chi connectivity index (χ3n) is 3.91. The summed E-state index contributed by atoms with van der Waals surface area (Å²) in [6, 6.07) is 2.08. The summed E-state index contributed by atoms with van der Waals surface area (Å²) in [6.07, 6.45) is 5.74. The first-order valence-corrected chi connectivity index (χ1v) is 7.10. The fourth-order valence-corrected chi connectivity index (χ4v) is 2.45. The summed E-state index contributed by atoms with van der Waals surface area (Å²) >= 11 is 0. The molecule has 1 amide bonds. The van der Waals surface area contributed by atoms with Crippen molar-refractivity contribution in [1.29, 1.82) is 0 Å². The number of methoxy groups -OCH3 is 1. The Bertz CT molecular complexity index is 460. The second-order valence-corrected chi connectivity index (χ2v) is 5.24. The van der Waals surface area contributed by atoms with E-state index in [0.717, 1.165) is 5.69 Å². The monoisotopic (exact) mass is 277 g/mol. The molecule has 1 saturated carbocycles. The summed E-state index contributed by atoms with van der Waals surface area (Å²) in [5.41, 5.74) is 1.44. The van der Waals surface area contributed by atoms with Crippen LogP contribution >= 0.6 is 0 Å². The Morgan fingerprint density at radius 2 is 2.35 bits per heavy atom. The number of nitrogens with zero attached hydrogens (tertiary/aromatic N) is 2. The van der Waals surface area contributed by atoms with Gasteiger partial charge >= 0.3 is 0 Å². The van der Waals surface area contributed by atoms with Gasteiger partial charge in [-0.3, -0.25) is 9.78 Å². The molecule has 20 heavy (non-hydrogen) atoms. The number of carbonyl (C=O) groups excluding carboxylic acids is 1. The molecule has 0 aromatic carbocycles. The number of amides is 1. The van der Waals surface area contributed by atoms with Gasteiger partial charge in [-0.2, -0.15) is 0 Å². The predicted octanol–water partition coefficient (Wildman–Crippen LogP) is 2.01. The van der Waals surface area contributed by atoms with Gasteiger partial charge < -0.3 is 15.0 Å². The van der Waals surface area contributed by atoms with E-state index in [4.69, 9.17) is 4.74 Å². The normalized spacial score (nSPS) is 15.8. The van der Waals surface area contributed by atoms with Crippen LogP contribution in [0.3, 0.4) is 0 Å². The summed E-state index contributed by atoms with van der Waals surface area (Å²) in [7, 11) is 3.48. The third-order valence-corrected chi connectivity index (χ3v) is 3.91. The Kier molecular flexibility index (Phi) is 4.95. The van der Waals surface area contributed by atoms with Gasteiger partial charge in [0, 0.05) is 44.8 Å². The van der Waals surface area contributed by atoms with E-state index in [2.05, 4.69) is 17.2 Å². The van der Waals surface area contributed by atoms with Crippen molar-refractivity contribution in [3.05, 3.63) is 24.0 Å². The average molecular weight is 277 g/mol. The highest BCUT2D eigenvalue weighted by Crippen LogP contribution is 2.35. The van der Waals surface area contributed by atoms with Crippen molar-refractivity contribution in [2.45, 2.75) is 25.8 Å². The van der Waals surface area contributed by atoms with Crippen molar-refractivity contribution in [2.24, 2.45) is 5.92 Å². The molecule has 1 aromatic rings. The average Bonchev–Trinajstić information content (AvgIpc) is 3.31. The van der Waals surface area contributed by atoms with Crippen LogP contribution in [0.15, 0.2) is 18.5 Å². The molecule has 0 bridgehead atoms. The molecule has 1 unspecified atom stereocenters. The third kappa shape index (κ3) is 3.28. The first-order chi connectivity index (χ1) is 9.69. The Morgan fingerprint density at radius 3 is 2.95 bits per heavy atom. The Hall–Kier alpha value is -1.62. The molecule has 0 saturated heterocycles. The van der Waals surface area contributed by atoms with Crippen molar-refractivity contribution < 1.29 is 9.53 Å². The standard InChI is InChI=1S/C15H23N3O2/c1-11(12-4-5-12)18(8-9-20-3)15(19)13-10-17-7-6-14(13)16-2/h6-7,10-12H,4-5,8-9H2,1-3H3,(H,16,17). The molecule has 1 heterocycles. The van der Waals surface area contributed by atoms with Gasteiger partial charge in [0.1, 0.15) is 0 Å². The van der Waals surface area contributed by atoms with E-state index >= 15 is 0 Å². The van der Waals surface area contributed by atoms with Gasteiger partial charge in [0.25, 0.3) is 5.91 Å². The molecule has 5 nitrogen and oxygen atoms in total. The fraction of sp³-hybridized carbons (Fsp3) is 0.600. The minimum atomic E-state index is 0.0268. The highest BCUT2D eigenvalue weighted by Gasteiger charge is 2.34. The first kappa shape index (κ1) is 14.8. The second kappa shape index (κ2) is 6.70. The molecule has 1 aliphatic carbocycles. The Balaban J connectivity index is 2.20. The maximum Gasteiger partial charge on any atom is 0.257 e. The van der Waals surface area contributed by atoms with Gasteiger partial charge in [-0.15, -0.1) is 0 Å². The molecular formula is C15H23N3O2. The molecule has 1 aromatic heterocycles. The largest absolute Gasteiger partial charge is 0.387 e. The quantitative estimate of drug-likeness (QED) is 0.828. The van der Waals surface area contributed by atoms with Gasteiger partial charge in [0.05, 0.1) is 12.2 Å². The maximum absolute atomic E-state index is 12.8. The molecule has 5 heteroatoms. The zero-order valence-corrected chi connectivity index (χ0v) is 12.4. The summed E-state index contributed by atoms with van der Waals surface area (Å²) in [6.45, 7) is 3.30. The molecule has 1 aliphatic rings. The van der Waals surface area contributed by atoms with Crippen LogP contribution in [0.1, 0.15) is 30.1 Å². The van der Waals surface area contributed by atoms with Crippen LogP contribution in [-0.4, -0.2) is 49.1 Å². The molecule has 0 aliphatic heterocycles. The maximum atomic E-state index is 12.8. The van der Waals surface area contributed by atoms with Crippen molar-refractivity contribution in [1.82, 2.24) is 9.88 Å². The number of aromatic nitrogens is 1. The lowest BCUT2D eigenvalue weighted by Gasteiger charge is -2.29. The van der Waals surface area contributed by atoms with E-state index in [1.807, 2.05) is 18.0 Å².